The standard InChI is InChI=1S/C20H25N3O3/c21-20(26)15-7-9-23(10-8-15)13-19(25)22-12-18(24)17-6-5-14-3-1-2-4-16(14)11-17/h1-6,11,15,18,24H,7-10,12-13H2,(H2,21,26)(H,22,25)/t18-/m0/s1. The van der Waals surface area contributed by atoms with E-state index in [1.807, 2.05) is 47.4 Å². The summed E-state index contributed by atoms with van der Waals surface area (Å²) in [6.45, 7) is 1.83. The van der Waals surface area contributed by atoms with Crippen LogP contribution in [0.2, 0.25) is 0 Å². The van der Waals surface area contributed by atoms with Gasteiger partial charge in [0.1, 0.15) is 0 Å². The van der Waals surface area contributed by atoms with E-state index in [0.29, 0.717) is 25.9 Å². The number of hydrogen-bond acceptors (Lipinski definition) is 4. The molecule has 1 heterocycles. The quantitative estimate of drug-likeness (QED) is 0.725. The van der Waals surface area contributed by atoms with Crippen molar-refractivity contribution in [2.24, 2.45) is 11.7 Å². The van der Waals surface area contributed by atoms with Crippen LogP contribution in [0.5, 0.6) is 0 Å². The lowest BCUT2D eigenvalue weighted by Crippen LogP contribution is -2.44. The lowest BCUT2D eigenvalue weighted by Gasteiger charge is -2.29. The predicted octanol–water partition coefficient (Wildman–Crippen LogP) is 1.19. The molecule has 4 N–H and O–H groups in total. The third-order valence-corrected chi connectivity index (χ3v) is 5.01. The van der Waals surface area contributed by atoms with Crippen LogP contribution in [0.15, 0.2) is 42.5 Å². The average Bonchev–Trinajstić information content (AvgIpc) is 2.66. The first-order valence-electron chi connectivity index (χ1n) is 8.98. The molecule has 0 saturated carbocycles. The molecule has 26 heavy (non-hydrogen) atoms. The van der Waals surface area contributed by atoms with E-state index in [1.54, 1.807) is 0 Å². The van der Waals surface area contributed by atoms with Crippen LogP contribution in [0.1, 0.15) is 24.5 Å². The number of piperidine rings is 1. The summed E-state index contributed by atoms with van der Waals surface area (Å²) in [6.07, 6.45) is 0.647. The molecule has 6 heteroatoms. The molecule has 0 radical (unpaired) electrons. The van der Waals surface area contributed by atoms with E-state index in [1.165, 1.54) is 0 Å². The number of nitrogens with zero attached hydrogens (tertiary/aromatic N) is 1. The Balaban J connectivity index is 1.47. The molecular weight excluding hydrogens is 330 g/mol. The van der Waals surface area contributed by atoms with Gasteiger partial charge in [-0.15, -0.1) is 0 Å². The minimum absolute atomic E-state index is 0.0796. The van der Waals surface area contributed by atoms with Crippen LogP contribution in [-0.2, 0) is 9.59 Å². The minimum Gasteiger partial charge on any atom is -0.387 e. The first-order chi connectivity index (χ1) is 12.5. The fraction of sp³-hybridized carbons (Fsp3) is 0.400. The Hall–Kier alpha value is -2.44. The molecule has 0 spiro atoms. The van der Waals surface area contributed by atoms with E-state index in [2.05, 4.69) is 5.32 Å². The number of hydrogen-bond donors (Lipinski definition) is 3. The van der Waals surface area contributed by atoms with Gasteiger partial charge in [-0.05, 0) is 48.3 Å². The number of aliphatic hydroxyl groups excluding tert-OH is 1. The topological polar surface area (TPSA) is 95.7 Å². The van der Waals surface area contributed by atoms with Crippen LogP contribution in [-0.4, -0.2) is 48.0 Å². The smallest absolute Gasteiger partial charge is 0.234 e. The second-order valence-corrected chi connectivity index (χ2v) is 6.88. The van der Waals surface area contributed by atoms with Gasteiger partial charge in [0, 0.05) is 12.5 Å². The Morgan fingerprint density at radius 3 is 2.54 bits per heavy atom. The van der Waals surface area contributed by atoms with Crippen LogP contribution >= 0.6 is 0 Å². The number of fused-ring (bicyclic) bond motifs is 1. The molecule has 0 unspecified atom stereocenters. The number of nitrogens with one attached hydrogen (secondary N) is 1. The zero-order valence-electron chi connectivity index (χ0n) is 14.7. The number of carbonyl (C=O) groups is 2. The number of carbonyl (C=O) groups excluding carboxylic acids is 2. The number of primary amides is 1. The van der Waals surface area contributed by atoms with Crippen molar-refractivity contribution in [1.82, 2.24) is 10.2 Å². The van der Waals surface area contributed by atoms with Crippen LogP contribution in [0.25, 0.3) is 10.8 Å². The summed E-state index contributed by atoms with van der Waals surface area (Å²) >= 11 is 0. The largest absolute Gasteiger partial charge is 0.387 e. The fourth-order valence-electron chi connectivity index (χ4n) is 3.38. The van der Waals surface area contributed by atoms with E-state index in [9.17, 15) is 14.7 Å². The van der Waals surface area contributed by atoms with Gasteiger partial charge in [-0.25, -0.2) is 0 Å². The third kappa shape index (κ3) is 4.59. The minimum atomic E-state index is -0.746. The Kier molecular flexibility index (Phi) is 5.85. The number of aliphatic hydroxyl groups is 1. The van der Waals surface area contributed by atoms with E-state index >= 15 is 0 Å². The summed E-state index contributed by atoms with van der Waals surface area (Å²) in [5, 5.41) is 15.3. The van der Waals surface area contributed by atoms with Gasteiger partial charge < -0.3 is 16.2 Å². The highest BCUT2D eigenvalue weighted by atomic mass is 16.3. The van der Waals surface area contributed by atoms with Crippen molar-refractivity contribution in [3.8, 4) is 0 Å². The molecule has 1 atom stereocenters. The molecule has 2 aromatic rings. The number of nitrogens with two attached hydrogens (primary N) is 1. The summed E-state index contributed by atoms with van der Waals surface area (Å²) in [4.78, 5) is 25.3. The van der Waals surface area contributed by atoms with Gasteiger partial charge in [0.25, 0.3) is 0 Å². The van der Waals surface area contributed by atoms with Gasteiger partial charge in [-0.1, -0.05) is 36.4 Å². The maximum Gasteiger partial charge on any atom is 0.234 e. The lowest BCUT2D eigenvalue weighted by molar-refractivity contribution is -0.124. The highest BCUT2D eigenvalue weighted by molar-refractivity contribution is 5.83. The van der Waals surface area contributed by atoms with Crippen molar-refractivity contribution < 1.29 is 14.7 Å². The summed E-state index contributed by atoms with van der Waals surface area (Å²) in [5.74, 6) is -0.459. The van der Waals surface area contributed by atoms with Crippen LogP contribution < -0.4 is 11.1 Å². The molecule has 1 saturated heterocycles. The maximum atomic E-state index is 12.1. The SMILES string of the molecule is NC(=O)C1CCN(CC(=O)NC[C@H](O)c2ccc3ccccc3c2)CC1. The van der Waals surface area contributed by atoms with Crippen molar-refractivity contribution in [3.05, 3.63) is 48.0 Å². The molecule has 3 rings (SSSR count). The molecule has 0 aromatic heterocycles. The Morgan fingerprint density at radius 1 is 1.15 bits per heavy atom. The molecule has 138 valence electrons. The lowest BCUT2D eigenvalue weighted by atomic mass is 9.96. The normalized spacial score (nSPS) is 17.1. The summed E-state index contributed by atoms with van der Waals surface area (Å²) in [5.41, 5.74) is 6.10. The van der Waals surface area contributed by atoms with E-state index in [4.69, 9.17) is 5.73 Å². The van der Waals surface area contributed by atoms with Gasteiger partial charge in [-0.2, -0.15) is 0 Å². The molecule has 6 nitrogen and oxygen atoms in total. The van der Waals surface area contributed by atoms with Gasteiger partial charge in [0.05, 0.1) is 12.6 Å². The Labute approximate surface area is 153 Å². The average molecular weight is 355 g/mol. The highest BCUT2D eigenvalue weighted by Gasteiger charge is 2.24. The molecule has 2 amide bonds. The van der Waals surface area contributed by atoms with E-state index in [0.717, 1.165) is 16.3 Å². The zero-order chi connectivity index (χ0) is 18.5. The molecule has 1 fully saturated rings. The first-order valence-corrected chi connectivity index (χ1v) is 8.98. The zero-order valence-corrected chi connectivity index (χ0v) is 14.7. The van der Waals surface area contributed by atoms with Gasteiger partial charge in [0.15, 0.2) is 0 Å². The van der Waals surface area contributed by atoms with Crippen molar-refractivity contribution in [1.29, 1.82) is 0 Å². The third-order valence-electron chi connectivity index (χ3n) is 5.01. The molecule has 0 bridgehead atoms. The molecule has 0 aliphatic carbocycles. The number of amides is 2. The summed E-state index contributed by atoms with van der Waals surface area (Å²) in [6, 6.07) is 13.8. The van der Waals surface area contributed by atoms with Crippen LogP contribution in [0.3, 0.4) is 0 Å². The predicted molar refractivity (Wildman–Crippen MR) is 100 cm³/mol. The molecule has 1 aliphatic heterocycles. The van der Waals surface area contributed by atoms with Crippen molar-refractivity contribution in [2.45, 2.75) is 18.9 Å². The van der Waals surface area contributed by atoms with Gasteiger partial charge in [-0.3, -0.25) is 14.5 Å². The Morgan fingerprint density at radius 2 is 1.85 bits per heavy atom. The number of rotatable bonds is 6. The Bertz CT molecular complexity index is 785. The van der Waals surface area contributed by atoms with Crippen molar-refractivity contribution in [3.63, 3.8) is 0 Å². The monoisotopic (exact) mass is 355 g/mol. The molecule has 1 aliphatic rings. The fourth-order valence-corrected chi connectivity index (χ4v) is 3.38. The number of benzene rings is 2. The van der Waals surface area contributed by atoms with Crippen LogP contribution in [0.4, 0.5) is 0 Å². The second-order valence-electron chi connectivity index (χ2n) is 6.88. The summed E-state index contributed by atoms with van der Waals surface area (Å²) in [7, 11) is 0. The highest BCUT2D eigenvalue weighted by Crippen LogP contribution is 2.20. The van der Waals surface area contributed by atoms with E-state index < -0.39 is 6.10 Å². The number of likely N-dealkylation sites (tertiary alicyclic amines) is 1. The molecule has 2 aromatic carbocycles. The molecular formula is C20H25N3O3. The van der Waals surface area contributed by atoms with Crippen molar-refractivity contribution in [2.75, 3.05) is 26.2 Å². The van der Waals surface area contributed by atoms with Gasteiger partial charge >= 0.3 is 0 Å². The summed E-state index contributed by atoms with van der Waals surface area (Å²) < 4.78 is 0. The van der Waals surface area contributed by atoms with Gasteiger partial charge in [0.2, 0.25) is 11.8 Å². The second kappa shape index (κ2) is 8.29. The van der Waals surface area contributed by atoms with Crippen molar-refractivity contribution >= 4 is 22.6 Å². The first kappa shape index (κ1) is 18.4. The maximum absolute atomic E-state index is 12.1. The van der Waals surface area contributed by atoms with E-state index in [-0.39, 0.29) is 30.8 Å². The van der Waals surface area contributed by atoms with Crippen LogP contribution in [0, 0.1) is 5.92 Å².